The maximum atomic E-state index is 10.2. The van der Waals surface area contributed by atoms with Crippen LogP contribution in [0.25, 0.3) is 0 Å². The topological polar surface area (TPSA) is 150 Å². The van der Waals surface area contributed by atoms with Crippen LogP contribution in [0.1, 0.15) is 100 Å². The average molecular weight is 491 g/mol. The Kier molecular flexibility index (Phi) is 26.9. The molecule has 0 atom stereocenters. The minimum absolute atomic E-state index is 0. The van der Waals surface area contributed by atoms with Gasteiger partial charge in [-0.25, -0.2) is 4.98 Å². The number of carbonyl (C=O) groups is 2. The second-order valence-electron chi connectivity index (χ2n) is 7.63. The Morgan fingerprint density at radius 1 is 0.719 bits per heavy atom. The van der Waals surface area contributed by atoms with E-state index in [4.69, 9.17) is 0 Å². The van der Waals surface area contributed by atoms with Crippen LogP contribution in [0, 0.1) is 0 Å². The molecule has 0 aliphatic carbocycles. The van der Waals surface area contributed by atoms with Crippen molar-refractivity contribution < 1.29 is 53.8 Å². The van der Waals surface area contributed by atoms with E-state index in [1.54, 1.807) is 0 Å². The summed E-state index contributed by atoms with van der Waals surface area (Å²) < 4.78 is 1.42. The van der Waals surface area contributed by atoms with Crippen LogP contribution < -0.4 is 10.2 Å². The number of unbranched alkanes of at least 4 members (excludes halogenated alkanes) is 4. The molecule has 0 amide bonds. The fourth-order valence-corrected chi connectivity index (χ4v) is 3.31. The van der Waals surface area contributed by atoms with Crippen LogP contribution in [-0.2, 0) is 29.5 Å². The van der Waals surface area contributed by atoms with Crippen LogP contribution in [0.5, 0.6) is 0 Å². The summed E-state index contributed by atoms with van der Waals surface area (Å²) in [7, 11) is 0. The minimum Gasteiger partial charge on any atom is -2.00 e. The first kappa shape index (κ1) is 37.8. The number of aromatic nitrogens is 1. The fraction of sp³-hybridized carbons (Fsp3) is 0.696. The van der Waals surface area contributed by atoms with Crippen molar-refractivity contribution in [3.63, 3.8) is 0 Å². The van der Waals surface area contributed by atoms with Crippen LogP contribution in [0.4, 0.5) is 0 Å². The van der Waals surface area contributed by atoms with E-state index in [1.165, 1.54) is 88.1 Å². The number of carbonyl (C=O) groups excluding carboxylic acids is 2. The summed E-state index contributed by atoms with van der Waals surface area (Å²) in [6.07, 6.45) is 11.1. The van der Waals surface area contributed by atoms with E-state index in [2.05, 4.69) is 32.7 Å². The largest absolute Gasteiger partial charge is 2.00 e. The van der Waals surface area contributed by atoms with Gasteiger partial charge in [-0.15, -0.1) is 0 Å². The number of quaternary nitrogens is 1. The van der Waals surface area contributed by atoms with E-state index in [0.717, 1.165) is 12.1 Å². The van der Waals surface area contributed by atoms with E-state index in [0.29, 0.717) is 0 Å². The molecule has 0 fully saturated rings. The van der Waals surface area contributed by atoms with E-state index in [-0.39, 0.29) is 29.5 Å². The van der Waals surface area contributed by atoms with Crippen molar-refractivity contribution in [3.8, 4) is 0 Å². The van der Waals surface area contributed by atoms with Crippen LogP contribution in [0.15, 0.2) is 18.2 Å². The molecule has 0 N–H and O–H groups in total. The van der Waals surface area contributed by atoms with Crippen molar-refractivity contribution in [1.82, 2.24) is 4.98 Å². The molecule has 1 aromatic heterocycles. The molecule has 1 radical (unpaired) electrons. The Hall–Kier alpha value is -1.45. The molecule has 0 saturated heterocycles. The number of pyridine rings is 1. The maximum absolute atomic E-state index is 10.2. The summed E-state index contributed by atoms with van der Waals surface area (Å²) in [5.41, 5.74) is -0.839. The third-order valence-electron chi connectivity index (χ3n) is 5.11. The van der Waals surface area contributed by atoms with Gasteiger partial charge in [-0.2, -0.15) is 0 Å². The summed E-state index contributed by atoms with van der Waals surface area (Å²) in [5.74, 6) is -3.03. The molecule has 0 unspecified atom stereocenters. The van der Waals surface area contributed by atoms with E-state index >= 15 is 0 Å². The Morgan fingerprint density at radius 3 is 1.22 bits per heavy atom. The Bertz CT molecular complexity index is 535. The van der Waals surface area contributed by atoms with Crippen LogP contribution in [-0.4, -0.2) is 47.6 Å². The van der Waals surface area contributed by atoms with Gasteiger partial charge < -0.3 is 35.2 Å². The first-order valence-corrected chi connectivity index (χ1v) is 11.1. The van der Waals surface area contributed by atoms with E-state index in [9.17, 15) is 19.8 Å². The van der Waals surface area contributed by atoms with Gasteiger partial charge >= 0.3 is 0 Å². The summed E-state index contributed by atoms with van der Waals surface area (Å²) in [6.45, 7) is 15.0. The predicted octanol–water partition coefficient (Wildman–Crippen LogP) is 2.57. The van der Waals surface area contributed by atoms with Crippen molar-refractivity contribution in [2.75, 3.05) is 26.2 Å². The van der Waals surface area contributed by atoms with E-state index in [1.807, 2.05) is 0 Å². The molecule has 187 valence electrons. The molecule has 1 rings (SSSR count). The molecule has 0 aliphatic rings. The number of aromatic carboxylic acids is 2. The molecule has 0 spiro atoms. The van der Waals surface area contributed by atoms with Crippen molar-refractivity contribution in [2.24, 2.45) is 0 Å². The van der Waals surface area contributed by atoms with Crippen molar-refractivity contribution in [1.29, 1.82) is 0 Å². The molecule has 0 aliphatic heterocycles. The Labute approximate surface area is 205 Å². The first-order valence-electron chi connectivity index (χ1n) is 11.1. The molecule has 32 heavy (non-hydrogen) atoms. The quantitative estimate of drug-likeness (QED) is 0.367. The monoisotopic (exact) mass is 490 g/mol. The number of hydrogen-bond donors (Lipinski definition) is 0. The van der Waals surface area contributed by atoms with Gasteiger partial charge in [0.05, 0.1) is 49.5 Å². The molecule has 0 aromatic carbocycles. The Balaban J connectivity index is -0.000000233. The third kappa shape index (κ3) is 16.2. The average Bonchev–Trinajstić information content (AvgIpc) is 2.73. The third-order valence-corrected chi connectivity index (χ3v) is 5.11. The number of carboxylic acid groups (broad SMARTS) is 2. The predicted molar refractivity (Wildman–Crippen MR) is 114 cm³/mol. The maximum Gasteiger partial charge on any atom is 0.0900 e. The van der Waals surface area contributed by atoms with Crippen LogP contribution >= 0.6 is 0 Å². The van der Waals surface area contributed by atoms with Gasteiger partial charge in [0.25, 0.3) is 0 Å². The normalized spacial score (nSPS) is 9.88. The zero-order valence-electron chi connectivity index (χ0n) is 20.0. The van der Waals surface area contributed by atoms with Gasteiger partial charge in [-0.05, 0) is 37.8 Å². The van der Waals surface area contributed by atoms with E-state index < -0.39 is 23.3 Å². The molecule has 0 bridgehead atoms. The molecule has 1 heterocycles. The molecular weight excluding hydrogens is 451 g/mol. The summed E-state index contributed by atoms with van der Waals surface area (Å²) in [6, 6.07) is 3.53. The zero-order chi connectivity index (χ0) is 22.1. The first-order chi connectivity index (χ1) is 13.9. The number of nitrogens with zero attached hydrogens (tertiary/aromatic N) is 2. The van der Waals surface area contributed by atoms with Gasteiger partial charge in [0.1, 0.15) is 0 Å². The van der Waals surface area contributed by atoms with Gasteiger partial charge in [-0.1, -0.05) is 59.4 Å². The molecule has 1 aromatic rings. The van der Waals surface area contributed by atoms with Crippen molar-refractivity contribution in [3.05, 3.63) is 29.6 Å². The zero-order valence-corrected chi connectivity index (χ0v) is 21.4. The number of hydrogen-bond acceptors (Lipinski definition) is 5. The molecule has 0 saturated carbocycles. The van der Waals surface area contributed by atoms with Crippen molar-refractivity contribution in [2.45, 2.75) is 79.1 Å². The standard InChI is InChI=1S/C16H36N.C7H5NO4.2O.V/c1-5-9-13-17(14-10-6-2,15-11-7-3)16-12-8-4;9-6(10)4-2-1-3-5(8-4)7(11)12;;;/h5-16H2,1-4H3;1-3H,(H,9,10)(H,11,12);;;/q+1;;2*-2;/p-2. The van der Waals surface area contributed by atoms with Gasteiger partial charge in [0, 0.05) is 18.6 Å². The van der Waals surface area contributed by atoms with Gasteiger partial charge in [-0.3, -0.25) is 0 Å². The summed E-state index contributed by atoms with van der Waals surface area (Å²) in [4.78, 5) is 23.6. The SMILES string of the molecule is CCCC[N+](CCCC)(CCCC)CCCC.O=C([O-])c1cccc(C(=O)[O-])n1.[O-2].[O-2].[V]. The second-order valence-corrected chi connectivity index (χ2v) is 7.63. The van der Waals surface area contributed by atoms with Crippen LogP contribution in [0.2, 0.25) is 0 Å². The van der Waals surface area contributed by atoms with Crippen LogP contribution in [0.3, 0.4) is 0 Å². The smallest absolute Gasteiger partial charge is 0.0900 e. The molecule has 9 heteroatoms. The van der Waals surface area contributed by atoms with Gasteiger partial charge in [0.2, 0.25) is 0 Å². The summed E-state index contributed by atoms with van der Waals surface area (Å²) >= 11 is 0. The number of carboxylic acids is 2. The minimum atomic E-state index is -1.52. The molecular formula is C23H39N2O6V-5. The van der Waals surface area contributed by atoms with Gasteiger partial charge in [0.15, 0.2) is 0 Å². The Morgan fingerprint density at radius 2 is 1.00 bits per heavy atom. The second kappa shape index (κ2) is 22.7. The fourth-order valence-electron chi connectivity index (χ4n) is 3.31. The summed E-state index contributed by atoms with van der Waals surface area (Å²) in [5, 5.41) is 20.4. The molecule has 8 nitrogen and oxygen atoms in total. The number of rotatable bonds is 14. The van der Waals surface area contributed by atoms with Crippen molar-refractivity contribution >= 4 is 11.9 Å².